The normalized spacial score (nSPS) is 17.0. The lowest BCUT2D eigenvalue weighted by atomic mass is 10.2. The van der Waals surface area contributed by atoms with E-state index in [1.165, 1.54) is 6.20 Å². The average Bonchev–Trinajstić information content (AvgIpc) is 2.99. The summed E-state index contributed by atoms with van der Waals surface area (Å²) in [5.74, 6) is 0.107. The lowest BCUT2D eigenvalue weighted by molar-refractivity contribution is 0.102. The maximum atomic E-state index is 12.3. The summed E-state index contributed by atoms with van der Waals surface area (Å²) in [7, 11) is 0. The molecule has 0 spiro atoms. The van der Waals surface area contributed by atoms with E-state index in [0.29, 0.717) is 40.4 Å². The van der Waals surface area contributed by atoms with Crippen LogP contribution in [0.5, 0.6) is 5.88 Å². The number of aromatic nitrogens is 1. The van der Waals surface area contributed by atoms with Crippen molar-refractivity contribution in [3.05, 3.63) is 52.1 Å². The quantitative estimate of drug-likeness (QED) is 0.908. The number of benzene rings is 1. The molecule has 1 N–H and O–H groups in total. The third kappa shape index (κ3) is 4.34. The zero-order chi connectivity index (χ0) is 16.2. The molecular weight excluding hydrogens is 339 g/mol. The van der Waals surface area contributed by atoms with E-state index in [1.54, 1.807) is 30.3 Å². The van der Waals surface area contributed by atoms with E-state index in [4.69, 9.17) is 32.7 Å². The van der Waals surface area contributed by atoms with Crippen molar-refractivity contribution in [1.82, 2.24) is 4.98 Å². The van der Waals surface area contributed by atoms with Crippen molar-refractivity contribution < 1.29 is 14.3 Å². The van der Waals surface area contributed by atoms with Gasteiger partial charge in [0.1, 0.15) is 6.10 Å². The van der Waals surface area contributed by atoms with Crippen LogP contribution in [0.3, 0.4) is 0 Å². The number of ether oxygens (including phenoxy) is 2. The van der Waals surface area contributed by atoms with Gasteiger partial charge in [0.25, 0.3) is 5.91 Å². The number of hydrogen-bond acceptors (Lipinski definition) is 4. The Labute approximate surface area is 143 Å². The summed E-state index contributed by atoms with van der Waals surface area (Å²) in [6.07, 6.45) is 2.33. The van der Waals surface area contributed by atoms with Gasteiger partial charge >= 0.3 is 0 Å². The highest BCUT2D eigenvalue weighted by Gasteiger charge is 2.18. The van der Waals surface area contributed by atoms with E-state index in [1.807, 2.05) is 0 Å². The molecule has 0 bridgehead atoms. The highest BCUT2D eigenvalue weighted by Crippen LogP contribution is 2.23. The first-order chi connectivity index (χ1) is 11.1. The van der Waals surface area contributed by atoms with Gasteiger partial charge in [-0.2, -0.15) is 0 Å². The molecule has 120 valence electrons. The van der Waals surface area contributed by atoms with Gasteiger partial charge in [-0.1, -0.05) is 23.2 Å². The van der Waals surface area contributed by atoms with Crippen LogP contribution in [0.25, 0.3) is 0 Å². The van der Waals surface area contributed by atoms with Crippen LogP contribution in [0.2, 0.25) is 10.0 Å². The summed E-state index contributed by atoms with van der Waals surface area (Å²) in [6.45, 7) is 1.22. The van der Waals surface area contributed by atoms with Gasteiger partial charge < -0.3 is 14.8 Å². The van der Waals surface area contributed by atoms with Crippen LogP contribution in [0.1, 0.15) is 16.8 Å². The van der Waals surface area contributed by atoms with Crippen LogP contribution in [0.15, 0.2) is 36.5 Å². The zero-order valence-electron chi connectivity index (χ0n) is 12.1. The molecule has 7 heteroatoms. The SMILES string of the molecule is O=C(Nc1cc(Cl)cc(Cl)c1)c1ccnc(OC2CCOC2)c1. The molecule has 1 fully saturated rings. The topological polar surface area (TPSA) is 60.5 Å². The first kappa shape index (κ1) is 16.1. The minimum Gasteiger partial charge on any atom is -0.472 e. The smallest absolute Gasteiger partial charge is 0.255 e. The molecule has 0 radical (unpaired) electrons. The Morgan fingerprint density at radius 3 is 2.74 bits per heavy atom. The molecule has 2 aromatic rings. The number of halogens is 2. The fraction of sp³-hybridized carbons (Fsp3) is 0.250. The molecule has 3 rings (SSSR count). The van der Waals surface area contributed by atoms with Crippen molar-refractivity contribution in [3.63, 3.8) is 0 Å². The molecule has 0 saturated carbocycles. The Balaban J connectivity index is 1.71. The Morgan fingerprint density at radius 2 is 2.04 bits per heavy atom. The minimum atomic E-state index is -0.293. The maximum Gasteiger partial charge on any atom is 0.255 e. The Bertz CT molecular complexity index is 698. The molecule has 1 aliphatic heterocycles. The molecule has 1 unspecified atom stereocenters. The predicted molar refractivity (Wildman–Crippen MR) is 88.5 cm³/mol. The van der Waals surface area contributed by atoms with Crippen LogP contribution < -0.4 is 10.1 Å². The van der Waals surface area contributed by atoms with Gasteiger partial charge in [0.15, 0.2) is 0 Å². The van der Waals surface area contributed by atoms with Gasteiger partial charge in [-0.05, 0) is 24.3 Å². The molecule has 1 amide bonds. The predicted octanol–water partition coefficient (Wildman–Crippen LogP) is 3.81. The summed E-state index contributed by atoms with van der Waals surface area (Å²) in [4.78, 5) is 16.4. The Kier molecular flexibility index (Phi) is 5.00. The van der Waals surface area contributed by atoms with Crippen molar-refractivity contribution in [2.24, 2.45) is 0 Å². The highest BCUT2D eigenvalue weighted by atomic mass is 35.5. The van der Waals surface area contributed by atoms with Gasteiger partial charge in [0, 0.05) is 40.0 Å². The summed E-state index contributed by atoms with van der Waals surface area (Å²) in [5, 5.41) is 3.65. The number of pyridine rings is 1. The lowest BCUT2D eigenvalue weighted by Gasteiger charge is -2.11. The first-order valence-corrected chi connectivity index (χ1v) is 7.83. The second kappa shape index (κ2) is 7.17. The summed E-state index contributed by atoms with van der Waals surface area (Å²) in [6, 6.07) is 8.06. The molecule has 1 saturated heterocycles. The first-order valence-electron chi connectivity index (χ1n) is 7.08. The molecule has 2 heterocycles. The fourth-order valence-corrected chi connectivity index (χ4v) is 2.75. The number of nitrogens with zero attached hydrogens (tertiary/aromatic N) is 1. The van der Waals surface area contributed by atoms with Gasteiger partial charge in [-0.3, -0.25) is 4.79 Å². The van der Waals surface area contributed by atoms with Crippen molar-refractivity contribution in [1.29, 1.82) is 0 Å². The fourth-order valence-electron chi connectivity index (χ4n) is 2.22. The van der Waals surface area contributed by atoms with E-state index < -0.39 is 0 Å². The Morgan fingerprint density at radius 1 is 1.26 bits per heavy atom. The van der Waals surface area contributed by atoms with E-state index in [9.17, 15) is 4.79 Å². The van der Waals surface area contributed by atoms with Gasteiger partial charge in [0.05, 0.1) is 13.2 Å². The van der Waals surface area contributed by atoms with E-state index in [0.717, 1.165) is 6.42 Å². The monoisotopic (exact) mass is 352 g/mol. The number of amides is 1. The standard InChI is InChI=1S/C16H14Cl2N2O3/c17-11-6-12(18)8-13(7-11)20-16(21)10-1-3-19-15(5-10)23-14-2-4-22-9-14/h1,3,5-8,14H,2,4,9H2,(H,20,21). The highest BCUT2D eigenvalue weighted by molar-refractivity contribution is 6.35. The molecular formula is C16H14Cl2N2O3. The summed E-state index contributed by atoms with van der Waals surface area (Å²) in [5.41, 5.74) is 0.959. The van der Waals surface area contributed by atoms with Gasteiger partial charge in [-0.15, -0.1) is 0 Å². The largest absolute Gasteiger partial charge is 0.472 e. The summed E-state index contributed by atoms with van der Waals surface area (Å²) >= 11 is 11.8. The molecule has 5 nitrogen and oxygen atoms in total. The Hall–Kier alpha value is -1.82. The molecule has 1 aromatic carbocycles. The van der Waals surface area contributed by atoms with Crippen molar-refractivity contribution in [3.8, 4) is 5.88 Å². The lowest BCUT2D eigenvalue weighted by Crippen LogP contribution is -2.17. The van der Waals surface area contributed by atoms with Crippen molar-refractivity contribution >= 4 is 34.8 Å². The van der Waals surface area contributed by atoms with E-state index in [2.05, 4.69) is 10.3 Å². The molecule has 1 atom stereocenters. The number of carbonyl (C=O) groups excluding carboxylic acids is 1. The molecule has 23 heavy (non-hydrogen) atoms. The second-order valence-corrected chi connectivity index (χ2v) is 5.97. The number of carbonyl (C=O) groups is 1. The van der Waals surface area contributed by atoms with E-state index in [-0.39, 0.29) is 12.0 Å². The molecule has 1 aromatic heterocycles. The minimum absolute atomic E-state index is 0.0208. The van der Waals surface area contributed by atoms with Crippen molar-refractivity contribution in [2.75, 3.05) is 18.5 Å². The number of rotatable bonds is 4. The third-order valence-corrected chi connectivity index (χ3v) is 3.73. The molecule has 0 aliphatic carbocycles. The van der Waals surface area contributed by atoms with Crippen molar-refractivity contribution in [2.45, 2.75) is 12.5 Å². The number of anilines is 1. The van der Waals surface area contributed by atoms with Gasteiger partial charge in [0.2, 0.25) is 5.88 Å². The summed E-state index contributed by atoms with van der Waals surface area (Å²) < 4.78 is 10.9. The van der Waals surface area contributed by atoms with Crippen LogP contribution in [-0.4, -0.2) is 30.2 Å². The maximum absolute atomic E-state index is 12.3. The zero-order valence-corrected chi connectivity index (χ0v) is 13.6. The van der Waals surface area contributed by atoms with Crippen LogP contribution in [0.4, 0.5) is 5.69 Å². The van der Waals surface area contributed by atoms with Crippen LogP contribution in [0, 0.1) is 0 Å². The number of nitrogens with one attached hydrogen (secondary N) is 1. The second-order valence-electron chi connectivity index (χ2n) is 5.10. The third-order valence-electron chi connectivity index (χ3n) is 3.29. The van der Waals surface area contributed by atoms with Crippen LogP contribution in [-0.2, 0) is 4.74 Å². The van der Waals surface area contributed by atoms with Gasteiger partial charge in [-0.25, -0.2) is 4.98 Å². The average molecular weight is 353 g/mol. The number of hydrogen-bond donors (Lipinski definition) is 1. The molecule has 1 aliphatic rings. The van der Waals surface area contributed by atoms with E-state index >= 15 is 0 Å². The van der Waals surface area contributed by atoms with Crippen LogP contribution >= 0.6 is 23.2 Å².